The van der Waals surface area contributed by atoms with E-state index in [0.29, 0.717) is 23.4 Å². The molecular weight excluding hydrogens is 357 g/mol. The van der Waals surface area contributed by atoms with E-state index in [1.165, 1.54) is 38.1 Å². The Morgan fingerprint density at radius 2 is 1.93 bits per heavy atom. The standard InChI is InChI=1S/C17H15FN2O2.C5H9N/c1-2-22-13-6-4-12(5-7-13)19-10-15-14-8-3-11(18)9-16(14)20-17(15)21;1-3-6-4-2-5(1)6/h3-10,19H,2H2,1H3,(H,20,21);5H,1-4H2. The van der Waals surface area contributed by atoms with Gasteiger partial charge in [0.15, 0.2) is 0 Å². The lowest BCUT2D eigenvalue weighted by atomic mass is 9.91. The molecule has 0 aliphatic carbocycles. The molecule has 0 radical (unpaired) electrons. The summed E-state index contributed by atoms with van der Waals surface area (Å²) in [5, 5.41) is 5.71. The zero-order valence-corrected chi connectivity index (χ0v) is 15.9. The van der Waals surface area contributed by atoms with E-state index in [4.69, 9.17) is 4.74 Å². The maximum absolute atomic E-state index is 13.2. The van der Waals surface area contributed by atoms with Crippen molar-refractivity contribution in [1.29, 1.82) is 0 Å². The fourth-order valence-corrected chi connectivity index (χ4v) is 3.52. The van der Waals surface area contributed by atoms with Crippen LogP contribution in [0.1, 0.15) is 25.3 Å². The number of nitrogens with one attached hydrogen (secondary N) is 2. The Hall–Kier alpha value is -2.86. The third-order valence-electron chi connectivity index (χ3n) is 5.33. The molecule has 0 saturated carbocycles. The number of piperidine rings is 1. The van der Waals surface area contributed by atoms with Crippen LogP contribution in [0, 0.1) is 5.82 Å². The molecule has 5 rings (SSSR count). The number of rotatable bonds is 4. The van der Waals surface area contributed by atoms with Gasteiger partial charge in [-0.15, -0.1) is 0 Å². The number of hydrogen-bond acceptors (Lipinski definition) is 4. The van der Waals surface area contributed by atoms with E-state index >= 15 is 0 Å². The molecule has 2 fully saturated rings. The summed E-state index contributed by atoms with van der Waals surface area (Å²) in [6.07, 6.45) is 4.59. The van der Waals surface area contributed by atoms with Crippen molar-refractivity contribution in [2.24, 2.45) is 0 Å². The molecule has 2 aromatic carbocycles. The van der Waals surface area contributed by atoms with Crippen LogP contribution in [0.5, 0.6) is 5.75 Å². The van der Waals surface area contributed by atoms with Crippen LogP contribution in [0.4, 0.5) is 15.8 Å². The monoisotopic (exact) mass is 381 g/mol. The number of nitrogens with zero attached hydrogens (tertiary/aromatic N) is 1. The zero-order chi connectivity index (χ0) is 19.5. The molecule has 2 aromatic rings. The van der Waals surface area contributed by atoms with Crippen LogP contribution < -0.4 is 15.4 Å². The van der Waals surface area contributed by atoms with Crippen molar-refractivity contribution in [3.05, 3.63) is 60.0 Å². The fraction of sp³-hybridized carbons (Fsp3) is 0.318. The molecule has 1 amide bonds. The molecule has 0 spiro atoms. The fourth-order valence-electron chi connectivity index (χ4n) is 3.52. The molecule has 0 atom stereocenters. The van der Waals surface area contributed by atoms with Gasteiger partial charge >= 0.3 is 0 Å². The molecule has 0 aromatic heterocycles. The summed E-state index contributed by atoms with van der Waals surface area (Å²) in [6, 6.07) is 12.7. The summed E-state index contributed by atoms with van der Waals surface area (Å²) in [6.45, 7) is 5.33. The van der Waals surface area contributed by atoms with Gasteiger partial charge in [-0.25, -0.2) is 4.39 Å². The number of ether oxygens (including phenoxy) is 1. The maximum Gasteiger partial charge on any atom is 0.257 e. The van der Waals surface area contributed by atoms with Crippen LogP contribution in [0.15, 0.2) is 48.7 Å². The summed E-state index contributed by atoms with van der Waals surface area (Å²) in [7, 11) is 0. The lowest BCUT2D eigenvalue weighted by molar-refractivity contribution is -0.110. The minimum atomic E-state index is -0.375. The van der Waals surface area contributed by atoms with Gasteiger partial charge in [-0.1, -0.05) is 0 Å². The Morgan fingerprint density at radius 1 is 1.21 bits per heavy atom. The number of hydrogen-bond donors (Lipinski definition) is 2. The third-order valence-corrected chi connectivity index (χ3v) is 5.33. The van der Waals surface area contributed by atoms with Crippen molar-refractivity contribution in [1.82, 2.24) is 4.90 Å². The Labute approximate surface area is 164 Å². The number of carbonyl (C=O) groups excluding carboxylic acids is 1. The topological polar surface area (TPSA) is 53.6 Å². The van der Waals surface area contributed by atoms with E-state index in [1.807, 2.05) is 31.2 Å². The molecule has 0 bridgehead atoms. The van der Waals surface area contributed by atoms with Crippen LogP contribution in [-0.4, -0.2) is 36.5 Å². The second-order valence-corrected chi connectivity index (χ2v) is 7.07. The van der Waals surface area contributed by atoms with Crippen LogP contribution in [0.3, 0.4) is 0 Å². The van der Waals surface area contributed by atoms with Gasteiger partial charge in [0.25, 0.3) is 5.91 Å². The van der Waals surface area contributed by atoms with Gasteiger partial charge in [0.05, 0.1) is 17.9 Å². The Bertz CT molecular complexity index is 877. The second-order valence-electron chi connectivity index (χ2n) is 7.07. The van der Waals surface area contributed by atoms with Crippen LogP contribution in [0.2, 0.25) is 0 Å². The number of anilines is 2. The molecular formula is C22H24FN3O2. The Balaban J connectivity index is 0.000000268. The van der Waals surface area contributed by atoms with E-state index in [1.54, 1.807) is 12.3 Å². The van der Waals surface area contributed by atoms with Crippen molar-refractivity contribution in [2.75, 3.05) is 30.3 Å². The average molecular weight is 381 g/mol. The summed E-state index contributed by atoms with van der Waals surface area (Å²) >= 11 is 0. The SMILES string of the molecule is C1CN2CCC12.CCOc1ccc(NC=C2C(=O)Nc3cc(F)ccc32)cc1. The zero-order valence-electron chi connectivity index (χ0n) is 15.9. The smallest absolute Gasteiger partial charge is 0.257 e. The summed E-state index contributed by atoms with van der Waals surface area (Å²) in [4.78, 5) is 14.5. The van der Waals surface area contributed by atoms with E-state index in [9.17, 15) is 9.18 Å². The van der Waals surface area contributed by atoms with Gasteiger partial charge in [-0.3, -0.25) is 4.79 Å². The van der Waals surface area contributed by atoms with Crippen molar-refractivity contribution in [3.8, 4) is 5.75 Å². The second kappa shape index (κ2) is 8.02. The first kappa shape index (κ1) is 18.5. The summed E-state index contributed by atoms with van der Waals surface area (Å²) in [5.41, 5.74) is 2.48. The first-order valence-electron chi connectivity index (χ1n) is 9.69. The lowest BCUT2D eigenvalue weighted by Crippen LogP contribution is -2.57. The lowest BCUT2D eigenvalue weighted by Gasteiger charge is -2.50. The third kappa shape index (κ3) is 3.87. The van der Waals surface area contributed by atoms with Gasteiger partial charge in [0.2, 0.25) is 0 Å². The Kier molecular flexibility index (Phi) is 5.30. The van der Waals surface area contributed by atoms with Crippen molar-refractivity contribution in [3.63, 3.8) is 0 Å². The molecule has 3 aliphatic heterocycles. The first-order chi connectivity index (χ1) is 13.6. The molecule has 2 saturated heterocycles. The minimum Gasteiger partial charge on any atom is -0.494 e. The molecule has 0 unspecified atom stereocenters. The highest BCUT2D eigenvalue weighted by atomic mass is 19.1. The van der Waals surface area contributed by atoms with Gasteiger partial charge in [-0.05, 0) is 75.3 Å². The van der Waals surface area contributed by atoms with Gasteiger partial charge in [0, 0.05) is 23.5 Å². The Morgan fingerprint density at radius 3 is 2.50 bits per heavy atom. The van der Waals surface area contributed by atoms with Gasteiger partial charge in [0.1, 0.15) is 11.6 Å². The number of fused-ring (bicyclic) bond motifs is 2. The van der Waals surface area contributed by atoms with Crippen molar-refractivity contribution >= 4 is 22.9 Å². The van der Waals surface area contributed by atoms with Crippen LogP contribution >= 0.6 is 0 Å². The predicted molar refractivity (Wildman–Crippen MR) is 109 cm³/mol. The van der Waals surface area contributed by atoms with Crippen LogP contribution in [0.25, 0.3) is 5.57 Å². The van der Waals surface area contributed by atoms with Crippen LogP contribution in [-0.2, 0) is 4.79 Å². The highest BCUT2D eigenvalue weighted by Crippen LogP contribution is 2.32. The molecule has 146 valence electrons. The maximum atomic E-state index is 13.2. The van der Waals surface area contributed by atoms with E-state index in [2.05, 4.69) is 15.5 Å². The first-order valence-corrected chi connectivity index (χ1v) is 9.69. The number of amides is 1. The highest BCUT2D eigenvalue weighted by molar-refractivity contribution is 6.31. The number of benzene rings is 2. The number of halogens is 1. The molecule has 3 heterocycles. The predicted octanol–water partition coefficient (Wildman–Crippen LogP) is 4.09. The molecule has 3 aliphatic rings. The largest absolute Gasteiger partial charge is 0.494 e. The molecule has 2 N–H and O–H groups in total. The van der Waals surface area contributed by atoms with E-state index in [-0.39, 0.29) is 11.7 Å². The number of carbonyl (C=O) groups is 1. The summed E-state index contributed by atoms with van der Waals surface area (Å²) < 4.78 is 18.5. The minimum absolute atomic E-state index is 0.251. The average Bonchev–Trinajstić information content (AvgIpc) is 2.99. The molecule has 5 nitrogen and oxygen atoms in total. The molecule has 28 heavy (non-hydrogen) atoms. The highest BCUT2D eigenvalue weighted by Gasteiger charge is 2.34. The molecule has 6 heteroatoms. The van der Waals surface area contributed by atoms with Gasteiger partial charge in [-0.2, -0.15) is 0 Å². The van der Waals surface area contributed by atoms with Crippen molar-refractivity contribution < 1.29 is 13.9 Å². The summed E-state index contributed by atoms with van der Waals surface area (Å²) in [5.74, 6) is 0.166. The normalized spacial score (nSPS) is 18.8. The quantitative estimate of drug-likeness (QED) is 0.783. The van der Waals surface area contributed by atoms with Crippen molar-refractivity contribution in [2.45, 2.75) is 25.8 Å². The van der Waals surface area contributed by atoms with E-state index < -0.39 is 0 Å². The van der Waals surface area contributed by atoms with Gasteiger partial charge < -0.3 is 20.3 Å². The van der Waals surface area contributed by atoms with E-state index in [0.717, 1.165) is 17.5 Å².